The van der Waals surface area contributed by atoms with E-state index in [1.165, 1.54) is 29.3 Å². The van der Waals surface area contributed by atoms with Gasteiger partial charge in [-0.2, -0.15) is 13.2 Å². The molecule has 2 aromatic rings. The Balaban J connectivity index is 1.62. The monoisotopic (exact) mass is 538 g/mol. The van der Waals surface area contributed by atoms with E-state index in [1.54, 1.807) is 6.92 Å². The average Bonchev–Trinajstić information content (AvgIpc) is 2.86. The Kier molecular flexibility index (Phi) is 7.92. The molecular formula is C24H29F3N6O5. The smallest absolute Gasteiger partial charge is 0.408 e. The van der Waals surface area contributed by atoms with E-state index in [9.17, 15) is 27.9 Å². The summed E-state index contributed by atoms with van der Waals surface area (Å²) in [4.78, 5) is 38.1. The van der Waals surface area contributed by atoms with Crippen molar-refractivity contribution in [2.75, 3.05) is 41.4 Å². The second kappa shape index (κ2) is 11.0. The molecule has 0 radical (unpaired) electrons. The second-order valence-corrected chi connectivity index (χ2v) is 9.30. The fourth-order valence-corrected chi connectivity index (χ4v) is 4.46. The summed E-state index contributed by atoms with van der Waals surface area (Å²) < 4.78 is 44.4. The van der Waals surface area contributed by atoms with E-state index >= 15 is 0 Å². The highest BCUT2D eigenvalue weighted by atomic mass is 19.4. The number of rotatable bonds is 7. The molecule has 4 heterocycles. The molecule has 3 amide bonds. The second-order valence-electron chi connectivity index (χ2n) is 9.30. The van der Waals surface area contributed by atoms with Gasteiger partial charge in [-0.25, -0.2) is 14.8 Å². The molecule has 11 nitrogen and oxygen atoms in total. The zero-order valence-electron chi connectivity index (χ0n) is 20.8. The van der Waals surface area contributed by atoms with Gasteiger partial charge in [0.2, 0.25) is 0 Å². The Labute approximate surface area is 216 Å². The van der Waals surface area contributed by atoms with E-state index in [1.807, 2.05) is 5.32 Å². The number of hydrogen-bond donors (Lipinski definition) is 4. The Morgan fingerprint density at radius 3 is 2.79 bits per heavy atom. The van der Waals surface area contributed by atoms with E-state index in [4.69, 9.17) is 9.84 Å². The molecule has 1 fully saturated rings. The molecule has 0 spiro atoms. The highest BCUT2D eigenvalue weighted by Crippen LogP contribution is 2.40. The van der Waals surface area contributed by atoms with Crippen LogP contribution in [0.25, 0.3) is 0 Å². The van der Waals surface area contributed by atoms with Gasteiger partial charge in [0.15, 0.2) is 5.82 Å². The number of ether oxygens (including phenoxy) is 1. The maximum absolute atomic E-state index is 13.5. The summed E-state index contributed by atoms with van der Waals surface area (Å²) >= 11 is 0. The number of urea groups is 1. The van der Waals surface area contributed by atoms with E-state index in [2.05, 4.69) is 20.2 Å². The summed E-state index contributed by atoms with van der Waals surface area (Å²) in [6.07, 6.45) is -2.81. The van der Waals surface area contributed by atoms with Crippen molar-refractivity contribution in [3.63, 3.8) is 0 Å². The minimum absolute atomic E-state index is 0.149. The number of halogens is 3. The molecule has 2 aliphatic rings. The topological polar surface area (TPSA) is 140 Å². The average molecular weight is 539 g/mol. The highest BCUT2D eigenvalue weighted by molar-refractivity contribution is 6.05. The van der Waals surface area contributed by atoms with Crippen molar-refractivity contribution < 1.29 is 37.7 Å². The first-order valence-corrected chi connectivity index (χ1v) is 12.1. The third-order valence-corrected chi connectivity index (χ3v) is 6.38. The maximum atomic E-state index is 13.5. The number of amides is 3. The molecule has 206 valence electrons. The summed E-state index contributed by atoms with van der Waals surface area (Å²) in [6.45, 7) is 3.19. The number of aliphatic hydroxyl groups is 2. The first-order chi connectivity index (χ1) is 18.0. The van der Waals surface area contributed by atoms with Gasteiger partial charge in [0.1, 0.15) is 36.0 Å². The molecule has 0 unspecified atom stereocenters. The molecule has 0 saturated carbocycles. The zero-order valence-corrected chi connectivity index (χ0v) is 20.8. The van der Waals surface area contributed by atoms with Crippen LogP contribution in [0.15, 0.2) is 24.4 Å². The number of aromatic nitrogens is 2. The van der Waals surface area contributed by atoms with Gasteiger partial charge in [-0.1, -0.05) is 0 Å². The number of nitrogens with zero attached hydrogens (tertiary/aromatic N) is 4. The Morgan fingerprint density at radius 2 is 2.08 bits per heavy atom. The third kappa shape index (κ3) is 5.91. The van der Waals surface area contributed by atoms with Crippen molar-refractivity contribution in [2.24, 2.45) is 0 Å². The number of aryl methyl sites for hydroxylation is 1. The lowest BCUT2D eigenvalue weighted by molar-refractivity contribution is -0.149. The summed E-state index contributed by atoms with van der Waals surface area (Å²) in [5, 5.41) is 23.0. The minimum Gasteiger partial charge on any atom is -0.491 e. The number of aliphatic hydroxyl groups excluding tert-OH is 2. The van der Waals surface area contributed by atoms with Gasteiger partial charge in [0.05, 0.1) is 18.3 Å². The van der Waals surface area contributed by atoms with Crippen molar-refractivity contribution in [1.82, 2.24) is 15.3 Å². The molecule has 4 N–H and O–H groups in total. The van der Waals surface area contributed by atoms with Crippen LogP contribution in [-0.2, 0) is 0 Å². The van der Waals surface area contributed by atoms with Crippen LogP contribution in [0.4, 0.5) is 35.3 Å². The fraction of sp³-hybridized carbons (Fsp3) is 0.500. The predicted octanol–water partition coefficient (Wildman–Crippen LogP) is 2.22. The molecule has 2 bridgehead atoms. The van der Waals surface area contributed by atoms with Gasteiger partial charge in [0, 0.05) is 25.4 Å². The van der Waals surface area contributed by atoms with E-state index in [-0.39, 0.29) is 30.0 Å². The van der Waals surface area contributed by atoms with Gasteiger partial charge < -0.3 is 25.2 Å². The zero-order chi connectivity index (χ0) is 27.6. The van der Waals surface area contributed by atoms with Crippen LogP contribution in [0.3, 0.4) is 0 Å². The van der Waals surface area contributed by atoms with Crippen LogP contribution < -0.4 is 25.2 Å². The third-order valence-electron chi connectivity index (χ3n) is 6.38. The lowest BCUT2D eigenvalue weighted by Crippen LogP contribution is -2.56. The standard InChI is InChI=1S/C24H29F3N6O5/c1-13-8-18(22(36)29-14(2)24(25,26)27)30-21-20(13)32-7-3-4-15(10-32)33(21)23(37)31-19-9-17(5-6-28-19)38-12-16(35)11-34/h5-6,8-9,14-16,34-35H,3-4,7,10-12H2,1-2H3,(H,29,36)(H,28,31,37)/t14-,15+,16-/m1/s1. The molecule has 0 aromatic carbocycles. The number of alkyl halides is 3. The number of fused-ring (bicyclic) bond motifs is 4. The lowest BCUT2D eigenvalue weighted by Gasteiger charge is -2.46. The predicted molar refractivity (Wildman–Crippen MR) is 132 cm³/mol. The van der Waals surface area contributed by atoms with E-state index in [0.717, 1.165) is 19.9 Å². The molecule has 2 aromatic heterocycles. The maximum Gasteiger partial charge on any atom is 0.408 e. The summed E-state index contributed by atoms with van der Waals surface area (Å²) in [7, 11) is 0. The van der Waals surface area contributed by atoms with Crippen LogP contribution in [0.1, 0.15) is 35.8 Å². The van der Waals surface area contributed by atoms with Gasteiger partial charge in [0.25, 0.3) is 5.91 Å². The molecule has 1 saturated heterocycles. The molecule has 4 rings (SSSR count). The minimum atomic E-state index is -4.62. The van der Waals surface area contributed by atoms with Crippen LogP contribution >= 0.6 is 0 Å². The first-order valence-electron chi connectivity index (χ1n) is 12.1. The number of carbonyl (C=O) groups excluding carboxylic acids is 2. The first kappa shape index (κ1) is 27.4. The van der Waals surface area contributed by atoms with Gasteiger partial charge in [-0.3, -0.25) is 15.0 Å². The lowest BCUT2D eigenvalue weighted by atomic mass is 9.98. The number of pyridine rings is 2. The van der Waals surface area contributed by atoms with Crippen LogP contribution in [0.5, 0.6) is 5.75 Å². The van der Waals surface area contributed by atoms with Crippen molar-refractivity contribution >= 4 is 29.3 Å². The van der Waals surface area contributed by atoms with Crippen molar-refractivity contribution in [2.45, 2.75) is 51.1 Å². The summed E-state index contributed by atoms with van der Waals surface area (Å²) in [6, 6.07) is 1.45. The quantitative estimate of drug-likeness (QED) is 0.421. The SMILES string of the molecule is Cc1cc(C(=O)N[C@H](C)C(F)(F)F)nc2c1N1CCC[C@@H](C1)N2C(=O)Nc1cc(OC[C@H](O)CO)ccn1. The largest absolute Gasteiger partial charge is 0.491 e. The fourth-order valence-electron chi connectivity index (χ4n) is 4.46. The van der Waals surface area contributed by atoms with E-state index in [0.29, 0.717) is 30.0 Å². The number of anilines is 3. The molecule has 3 atom stereocenters. The van der Waals surface area contributed by atoms with Crippen LogP contribution in [-0.4, -0.2) is 82.8 Å². The molecule has 38 heavy (non-hydrogen) atoms. The Bertz CT molecular complexity index is 1200. The van der Waals surface area contributed by atoms with Gasteiger partial charge in [-0.05, 0) is 44.4 Å². The summed E-state index contributed by atoms with van der Waals surface area (Å²) in [5.74, 6) is -0.363. The molecular weight excluding hydrogens is 509 g/mol. The van der Waals surface area contributed by atoms with Crippen molar-refractivity contribution in [3.05, 3.63) is 35.7 Å². The molecule has 0 aliphatic carbocycles. The Morgan fingerprint density at radius 1 is 1.32 bits per heavy atom. The van der Waals surface area contributed by atoms with Crippen molar-refractivity contribution in [3.8, 4) is 5.75 Å². The molecule has 14 heteroatoms. The Hall–Kier alpha value is -3.65. The van der Waals surface area contributed by atoms with Crippen molar-refractivity contribution in [1.29, 1.82) is 0 Å². The van der Waals surface area contributed by atoms with Gasteiger partial charge >= 0.3 is 12.2 Å². The number of nitrogens with one attached hydrogen (secondary N) is 2. The van der Waals surface area contributed by atoms with Crippen LogP contribution in [0, 0.1) is 6.92 Å². The molecule has 2 aliphatic heterocycles. The highest BCUT2D eigenvalue weighted by Gasteiger charge is 2.41. The number of hydrogen-bond acceptors (Lipinski definition) is 8. The summed E-state index contributed by atoms with van der Waals surface area (Å²) in [5.41, 5.74) is 1.01. The van der Waals surface area contributed by atoms with Crippen LogP contribution in [0.2, 0.25) is 0 Å². The van der Waals surface area contributed by atoms with Gasteiger partial charge in [-0.15, -0.1) is 0 Å². The number of piperidine rings is 1. The normalized spacial score (nSPS) is 18.3. The van der Waals surface area contributed by atoms with E-state index < -0.39 is 36.9 Å². The number of carbonyl (C=O) groups is 2.